The van der Waals surface area contributed by atoms with Crippen molar-refractivity contribution in [1.29, 1.82) is 0 Å². The van der Waals surface area contributed by atoms with E-state index in [4.69, 9.17) is 17.3 Å². The number of carbonyl (C=O) groups excluding carboxylic acids is 1. The predicted octanol–water partition coefficient (Wildman–Crippen LogP) is 2.64. The van der Waals surface area contributed by atoms with E-state index in [2.05, 4.69) is 5.32 Å². The van der Waals surface area contributed by atoms with Gasteiger partial charge in [-0.15, -0.1) is 0 Å². The van der Waals surface area contributed by atoms with Crippen LogP contribution in [-0.4, -0.2) is 22.9 Å². The number of nitrogens with zero attached hydrogens (tertiary/aromatic N) is 1. The average molecular weight is 312 g/mol. The molecule has 2 atom stereocenters. The first kappa shape index (κ1) is 15.7. The zero-order chi connectivity index (χ0) is 15.4. The number of carbonyl (C=O) groups is 1. The topological polar surface area (TPSA) is 98.3 Å². The molecule has 0 saturated heterocycles. The number of nitro groups is 1. The summed E-state index contributed by atoms with van der Waals surface area (Å²) in [5, 5.41) is 13.9. The van der Waals surface area contributed by atoms with Gasteiger partial charge in [0.2, 0.25) is 0 Å². The van der Waals surface area contributed by atoms with Crippen molar-refractivity contribution in [2.45, 2.75) is 44.2 Å². The van der Waals surface area contributed by atoms with Crippen molar-refractivity contribution in [2.24, 2.45) is 5.73 Å². The molecular formula is C14H18ClN3O3. The molecule has 0 aromatic heterocycles. The third-order valence-electron chi connectivity index (χ3n) is 3.80. The fraction of sp³-hybridized carbons (Fsp3) is 0.500. The van der Waals surface area contributed by atoms with E-state index in [0.29, 0.717) is 0 Å². The standard InChI is InChI=1S/C14H18ClN3O3/c15-9-5-4-8-12(18(20)21)13(9)14(19)17-11-7-3-1-2-6-10(11)16/h4-5,8,10-11H,1-3,6-7,16H2,(H,17,19). The fourth-order valence-corrected chi connectivity index (χ4v) is 2.90. The van der Waals surface area contributed by atoms with E-state index in [9.17, 15) is 14.9 Å². The van der Waals surface area contributed by atoms with E-state index in [-0.39, 0.29) is 28.4 Å². The summed E-state index contributed by atoms with van der Waals surface area (Å²) in [7, 11) is 0. The number of nitrogens with two attached hydrogens (primary N) is 1. The number of amides is 1. The van der Waals surface area contributed by atoms with Crippen molar-refractivity contribution in [3.8, 4) is 0 Å². The Balaban J connectivity index is 2.22. The number of rotatable bonds is 3. The van der Waals surface area contributed by atoms with Crippen LogP contribution in [-0.2, 0) is 0 Å². The number of hydrogen-bond acceptors (Lipinski definition) is 4. The lowest BCUT2D eigenvalue weighted by molar-refractivity contribution is -0.385. The van der Waals surface area contributed by atoms with Crippen molar-refractivity contribution < 1.29 is 9.72 Å². The molecule has 6 nitrogen and oxygen atoms in total. The number of hydrogen-bond donors (Lipinski definition) is 2. The van der Waals surface area contributed by atoms with Crippen molar-refractivity contribution >= 4 is 23.2 Å². The van der Waals surface area contributed by atoms with Crippen molar-refractivity contribution in [3.05, 3.63) is 38.9 Å². The maximum atomic E-state index is 12.4. The predicted molar refractivity (Wildman–Crippen MR) is 80.4 cm³/mol. The molecule has 1 saturated carbocycles. The normalized spacial score (nSPS) is 22.4. The summed E-state index contributed by atoms with van der Waals surface area (Å²) in [6.07, 6.45) is 4.75. The SMILES string of the molecule is NC1CCCCCC1NC(=O)c1c(Cl)cccc1[N+](=O)[O-]. The quantitative estimate of drug-likeness (QED) is 0.509. The minimum atomic E-state index is -0.603. The minimum Gasteiger partial charge on any atom is -0.347 e. The van der Waals surface area contributed by atoms with Crippen LogP contribution in [0.15, 0.2) is 18.2 Å². The highest BCUT2D eigenvalue weighted by Crippen LogP contribution is 2.26. The Morgan fingerprint density at radius 3 is 2.76 bits per heavy atom. The molecule has 1 aliphatic rings. The van der Waals surface area contributed by atoms with Gasteiger partial charge in [-0.05, 0) is 18.9 Å². The number of halogens is 1. The maximum Gasteiger partial charge on any atom is 0.283 e. The molecule has 1 aromatic carbocycles. The van der Waals surface area contributed by atoms with E-state index in [1.807, 2.05) is 0 Å². The molecule has 0 heterocycles. The zero-order valence-corrected chi connectivity index (χ0v) is 12.3. The minimum absolute atomic E-state index is 0.0730. The number of nitrogens with one attached hydrogen (secondary N) is 1. The van der Waals surface area contributed by atoms with Gasteiger partial charge in [-0.1, -0.05) is 36.9 Å². The van der Waals surface area contributed by atoms with Gasteiger partial charge in [0, 0.05) is 18.2 Å². The molecular weight excluding hydrogens is 294 g/mol. The lowest BCUT2D eigenvalue weighted by atomic mass is 10.0. The first-order valence-corrected chi connectivity index (χ1v) is 7.38. The zero-order valence-electron chi connectivity index (χ0n) is 11.5. The van der Waals surface area contributed by atoms with Crippen LogP contribution in [0.2, 0.25) is 5.02 Å². The Hall–Kier alpha value is -1.66. The smallest absolute Gasteiger partial charge is 0.283 e. The average Bonchev–Trinajstić information content (AvgIpc) is 2.63. The molecule has 1 aliphatic carbocycles. The first-order valence-electron chi connectivity index (χ1n) is 7.00. The van der Waals surface area contributed by atoms with Crippen LogP contribution in [0.25, 0.3) is 0 Å². The molecule has 0 radical (unpaired) electrons. The molecule has 21 heavy (non-hydrogen) atoms. The summed E-state index contributed by atoms with van der Waals surface area (Å²) in [5.74, 6) is -0.533. The van der Waals surface area contributed by atoms with Crippen LogP contribution in [0.4, 0.5) is 5.69 Å². The first-order chi connectivity index (χ1) is 10.0. The van der Waals surface area contributed by atoms with Crippen LogP contribution in [0.3, 0.4) is 0 Å². The molecule has 7 heteroatoms. The lowest BCUT2D eigenvalue weighted by Gasteiger charge is -2.22. The second-order valence-electron chi connectivity index (χ2n) is 5.27. The molecule has 1 fully saturated rings. The van der Waals surface area contributed by atoms with Gasteiger partial charge in [0.1, 0.15) is 5.56 Å². The van der Waals surface area contributed by atoms with Gasteiger partial charge in [-0.25, -0.2) is 0 Å². The van der Waals surface area contributed by atoms with Crippen molar-refractivity contribution in [2.75, 3.05) is 0 Å². The van der Waals surface area contributed by atoms with E-state index in [0.717, 1.165) is 32.1 Å². The van der Waals surface area contributed by atoms with Gasteiger partial charge in [-0.3, -0.25) is 14.9 Å². The van der Waals surface area contributed by atoms with Gasteiger partial charge in [0.15, 0.2) is 0 Å². The summed E-state index contributed by atoms with van der Waals surface area (Å²) in [6.45, 7) is 0. The summed E-state index contributed by atoms with van der Waals surface area (Å²) in [4.78, 5) is 22.8. The molecule has 2 rings (SSSR count). The largest absolute Gasteiger partial charge is 0.347 e. The van der Waals surface area contributed by atoms with E-state index >= 15 is 0 Å². The van der Waals surface area contributed by atoms with Gasteiger partial charge in [0.25, 0.3) is 11.6 Å². The number of benzene rings is 1. The van der Waals surface area contributed by atoms with E-state index in [1.165, 1.54) is 18.2 Å². The summed E-state index contributed by atoms with van der Waals surface area (Å²) in [6, 6.07) is 3.90. The highest BCUT2D eigenvalue weighted by atomic mass is 35.5. The fourth-order valence-electron chi connectivity index (χ4n) is 2.65. The van der Waals surface area contributed by atoms with Gasteiger partial charge in [0.05, 0.1) is 9.95 Å². The van der Waals surface area contributed by atoms with Crippen LogP contribution >= 0.6 is 11.6 Å². The molecule has 2 unspecified atom stereocenters. The monoisotopic (exact) mass is 311 g/mol. The lowest BCUT2D eigenvalue weighted by Crippen LogP contribution is -2.47. The summed E-state index contributed by atoms with van der Waals surface area (Å²) >= 11 is 5.96. The molecule has 0 bridgehead atoms. The highest BCUT2D eigenvalue weighted by Gasteiger charge is 2.27. The second kappa shape index (κ2) is 6.87. The Kier molecular flexibility index (Phi) is 5.14. The Morgan fingerprint density at radius 1 is 1.33 bits per heavy atom. The van der Waals surface area contributed by atoms with Crippen LogP contribution in [0, 0.1) is 10.1 Å². The summed E-state index contributed by atoms with van der Waals surface area (Å²) in [5.41, 5.74) is 5.67. The second-order valence-corrected chi connectivity index (χ2v) is 5.68. The molecule has 114 valence electrons. The highest BCUT2D eigenvalue weighted by molar-refractivity contribution is 6.34. The molecule has 1 amide bonds. The Morgan fingerprint density at radius 2 is 2.05 bits per heavy atom. The Bertz CT molecular complexity index is 550. The van der Waals surface area contributed by atoms with Crippen molar-refractivity contribution in [1.82, 2.24) is 5.32 Å². The third kappa shape index (κ3) is 3.71. The Labute approximate surface area is 127 Å². The molecule has 0 spiro atoms. The van der Waals surface area contributed by atoms with E-state index < -0.39 is 10.8 Å². The van der Waals surface area contributed by atoms with E-state index in [1.54, 1.807) is 0 Å². The van der Waals surface area contributed by atoms with Crippen molar-refractivity contribution in [3.63, 3.8) is 0 Å². The molecule has 0 aliphatic heterocycles. The number of nitro benzene ring substituents is 1. The van der Waals surface area contributed by atoms with Gasteiger partial charge >= 0.3 is 0 Å². The van der Waals surface area contributed by atoms with Gasteiger partial charge < -0.3 is 11.1 Å². The maximum absolute atomic E-state index is 12.4. The molecule has 1 aromatic rings. The summed E-state index contributed by atoms with van der Waals surface area (Å²) < 4.78 is 0. The van der Waals surface area contributed by atoms with Crippen LogP contribution in [0.5, 0.6) is 0 Å². The van der Waals surface area contributed by atoms with Crippen LogP contribution < -0.4 is 11.1 Å². The van der Waals surface area contributed by atoms with Gasteiger partial charge in [-0.2, -0.15) is 0 Å². The third-order valence-corrected chi connectivity index (χ3v) is 4.12. The van der Waals surface area contributed by atoms with Crippen LogP contribution in [0.1, 0.15) is 42.5 Å². The molecule has 3 N–H and O–H groups in total.